The minimum Gasteiger partial charge on any atom is -0.387 e. The summed E-state index contributed by atoms with van der Waals surface area (Å²) >= 11 is 0. The van der Waals surface area contributed by atoms with E-state index in [1.807, 2.05) is 0 Å². The van der Waals surface area contributed by atoms with Crippen LogP contribution in [-0.2, 0) is 0 Å². The minimum absolute atomic E-state index is 0.0806. The molecule has 0 radical (unpaired) electrons. The normalized spacial score (nSPS) is 22.5. The Morgan fingerprint density at radius 3 is 2.25 bits per heavy atom. The lowest BCUT2D eigenvalue weighted by Crippen LogP contribution is -2.31. The molecule has 2 nitrogen and oxygen atoms in total. The largest absolute Gasteiger partial charge is 0.413 e. The Morgan fingerprint density at radius 2 is 2.00 bits per heavy atom. The second-order valence-electron chi connectivity index (χ2n) is 2.99. The Kier molecular flexibility index (Phi) is 2.06. The van der Waals surface area contributed by atoms with Gasteiger partial charge in [0.25, 0.3) is 0 Å². The van der Waals surface area contributed by atoms with Crippen molar-refractivity contribution in [1.82, 2.24) is 0 Å². The summed E-state index contributed by atoms with van der Waals surface area (Å²) in [6, 6.07) is 0. The maximum Gasteiger partial charge on any atom is 0.413 e. The molecule has 5 heteroatoms. The van der Waals surface area contributed by atoms with Crippen LogP contribution < -0.4 is 5.73 Å². The topological polar surface area (TPSA) is 38.4 Å². The van der Waals surface area contributed by atoms with Gasteiger partial charge in [0.1, 0.15) is 0 Å². The highest BCUT2D eigenvalue weighted by molar-refractivity contribution is 5.80. The Bertz CT molecular complexity index is 203. The molecule has 0 atom stereocenters. The predicted octanol–water partition coefficient (Wildman–Crippen LogP) is 1.85. The van der Waals surface area contributed by atoms with Gasteiger partial charge in [-0.25, -0.2) is 0 Å². The van der Waals surface area contributed by atoms with Gasteiger partial charge in [0.2, 0.25) is 0 Å². The number of amidine groups is 1. The molecule has 0 unspecified atom stereocenters. The number of aliphatic imine (C=N–C) groups is 1. The van der Waals surface area contributed by atoms with Gasteiger partial charge in [0, 0.05) is 6.42 Å². The van der Waals surface area contributed by atoms with E-state index in [0.29, 0.717) is 6.42 Å². The van der Waals surface area contributed by atoms with E-state index in [-0.39, 0.29) is 18.7 Å². The molecular weight excluding hydrogens is 169 g/mol. The van der Waals surface area contributed by atoms with Crippen molar-refractivity contribution in [2.75, 3.05) is 0 Å². The van der Waals surface area contributed by atoms with Crippen molar-refractivity contribution in [1.29, 1.82) is 0 Å². The summed E-state index contributed by atoms with van der Waals surface area (Å²) in [7, 11) is 0. The van der Waals surface area contributed by atoms with Gasteiger partial charge < -0.3 is 5.73 Å². The maximum atomic E-state index is 12.2. The van der Waals surface area contributed by atoms with Crippen LogP contribution >= 0.6 is 0 Å². The zero-order valence-electron chi connectivity index (χ0n) is 6.78. The molecule has 0 aromatic heterocycles. The molecule has 0 saturated heterocycles. The smallest absolute Gasteiger partial charge is 0.387 e. The van der Waals surface area contributed by atoms with E-state index in [2.05, 4.69) is 4.99 Å². The summed E-state index contributed by atoms with van der Waals surface area (Å²) < 4.78 is 36.7. The zero-order chi connectivity index (χ0) is 9.41. The quantitative estimate of drug-likeness (QED) is 0.511. The third kappa shape index (κ3) is 1.54. The molecule has 0 aromatic rings. The molecule has 70 valence electrons. The fraction of sp³-hybridized carbons (Fsp3) is 0.857. The van der Waals surface area contributed by atoms with Crippen molar-refractivity contribution >= 4 is 5.84 Å². The van der Waals surface area contributed by atoms with Gasteiger partial charge in [-0.1, -0.05) is 6.92 Å². The van der Waals surface area contributed by atoms with Gasteiger partial charge in [-0.3, -0.25) is 4.99 Å². The summed E-state index contributed by atoms with van der Waals surface area (Å²) in [4.78, 5) is 3.48. The van der Waals surface area contributed by atoms with E-state index in [1.165, 1.54) is 0 Å². The Morgan fingerprint density at radius 1 is 1.50 bits per heavy atom. The number of hydrogen-bond acceptors (Lipinski definition) is 1. The average molecular weight is 180 g/mol. The summed E-state index contributed by atoms with van der Waals surface area (Å²) in [6.45, 7) is 1.69. The van der Waals surface area contributed by atoms with Gasteiger partial charge in [0.05, 0.1) is 5.84 Å². The molecule has 0 aromatic carbocycles. The van der Waals surface area contributed by atoms with Crippen molar-refractivity contribution in [3.8, 4) is 0 Å². The molecule has 0 bridgehead atoms. The molecule has 1 aliphatic rings. The Balaban J connectivity index is 2.75. The lowest BCUT2D eigenvalue weighted by atomic mass is 10.2. The molecule has 1 rings (SSSR count). The number of halogens is 3. The lowest BCUT2D eigenvalue weighted by molar-refractivity contribution is -0.155. The Labute approximate surface area is 68.7 Å². The van der Waals surface area contributed by atoms with Crippen LogP contribution in [-0.4, -0.2) is 17.6 Å². The number of alkyl halides is 3. The van der Waals surface area contributed by atoms with Crippen LogP contribution in [0.1, 0.15) is 26.2 Å². The monoisotopic (exact) mass is 180 g/mol. The number of nitrogens with two attached hydrogens (primary N) is 1. The maximum absolute atomic E-state index is 12.2. The molecule has 0 aliphatic heterocycles. The highest BCUT2D eigenvalue weighted by Crippen LogP contribution is 2.52. The van der Waals surface area contributed by atoms with Gasteiger partial charge in [-0.2, -0.15) is 13.2 Å². The minimum atomic E-state index is -4.23. The summed E-state index contributed by atoms with van der Waals surface area (Å²) in [5.41, 5.74) is 3.42. The van der Waals surface area contributed by atoms with Crippen molar-refractivity contribution in [2.45, 2.75) is 37.9 Å². The fourth-order valence-electron chi connectivity index (χ4n) is 0.931. The van der Waals surface area contributed by atoms with Crippen molar-refractivity contribution in [3.63, 3.8) is 0 Å². The number of nitrogens with zero attached hydrogens (tertiary/aromatic N) is 1. The summed E-state index contributed by atoms with van der Waals surface area (Å²) in [5.74, 6) is 0.0878. The highest BCUT2D eigenvalue weighted by atomic mass is 19.4. The van der Waals surface area contributed by atoms with Crippen molar-refractivity contribution < 1.29 is 13.2 Å². The van der Waals surface area contributed by atoms with Gasteiger partial charge in [-0.15, -0.1) is 0 Å². The first-order valence-corrected chi connectivity index (χ1v) is 3.82. The van der Waals surface area contributed by atoms with E-state index in [4.69, 9.17) is 5.73 Å². The predicted molar refractivity (Wildman–Crippen MR) is 39.9 cm³/mol. The van der Waals surface area contributed by atoms with Crippen LogP contribution in [0.3, 0.4) is 0 Å². The molecular formula is C7H11F3N2. The second-order valence-corrected chi connectivity index (χ2v) is 2.99. The van der Waals surface area contributed by atoms with Gasteiger partial charge >= 0.3 is 6.18 Å². The van der Waals surface area contributed by atoms with Crippen LogP contribution in [0.15, 0.2) is 4.99 Å². The molecule has 0 spiro atoms. The first kappa shape index (κ1) is 9.35. The van der Waals surface area contributed by atoms with Crippen LogP contribution in [0.5, 0.6) is 0 Å². The average Bonchev–Trinajstić information content (AvgIpc) is 2.67. The Hall–Kier alpha value is -0.740. The van der Waals surface area contributed by atoms with E-state index >= 15 is 0 Å². The van der Waals surface area contributed by atoms with E-state index in [1.54, 1.807) is 6.92 Å². The van der Waals surface area contributed by atoms with Crippen molar-refractivity contribution in [2.24, 2.45) is 10.7 Å². The van der Waals surface area contributed by atoms with Crippen LogP contribution in [0.2, 0.25) is 0 Å². The number of hydrogen-bond donors (Lipinski definition) is 1. The summed E-state index contributed by atoms with van der Waals surface area (Å²) in [6.07, 6.45) is -3.70. The van der Waals surface area contributed by atoms with Crippen LogP contribution in [0.25, 0.3) is 0 Å². The molecule has 0 amide bonds. The molecule has 1 saturated carbocycles. The standard InChI is InChI=1S/C7H11F3N2/c1-2-5(11)12-6(3-4-6)7(8,9)10/h2-4H2,1H3,(H2,11,12). The van der Waals surface area contributed by atoms with Gasteiger partial charge in [0.15, 0.2) is 5.54 Å². The number of rotatable bonds is 2. The second kappa shape index (κ2) is 2.64. The van der Waals surface area contributed by atoms with Crippen molar-refractivity contribution in [3.05, 3.63) is 0 Å². The molecule has 1 fully saturated rings. The molecule has 2 N–H and O–H groups in total. The third-order valence-electron chi connectivity index (χ3n) is 1.97. The van der Waals surface area contributed by atoms with E-state index in [9.17, 15) is 13.2 Å². The first-order valence-electron chi connectivity index (χ1n) is 3.82. The fourth-order valence-corrected chi connectivity index (χ4v) is 0.931. The SMILES string of the molecule is CCC(N)=NC1(C(F)(F)F)CC1. The van der Waals surface area contributed by atoms with Crippen LogP contribution in [0.4, 0.5) is 13.2 Å². The third-order valence-corrected chi connectivity index (χ3v) is 1.97. The highest BCUT2D eigenvalue weighted by Gasteiger charge is 2.63. The van der Waals surface area contributed by atoms with Gasteiger partial charge in [-0.05, 0) is 12.8 Å². The molecule has 12 heavy (non-hydrogen) atoms. The molecule has 1 aliphatic carbocycles. The first-order chi connectivity index (χ1) is 5.41. The van der Waals surface area contributed by atoms with E-state index < -0.39 is 11.7 Å². The van der Waals surface area contributed by atoms with Crippen LogP contribution in [0, 0.1) is 0 Å². The zero-order valence-corrected chi connectivity index (χ0v) is 6.78. The lowest BCUT2D eigenvalue weighted by Gasteiger charge is -2.14. The summed E-state index contributed by atoms with van der Waals surface area (Å²) in [5, 5.41) is 0. The molecule has 0 heterocycles. The van der Waals surface area contributed by atoms with E-state index in [0.717, 1.165) is 0 Å².